The van der Waals surface area contributed by atoms with E-state index in [0.29, 0.717) is 16.3 Å². The van der Waals surface area contributed by atoms with Crippen molar-refractivity contribution in [3.63, 3.8) is 0 Å². The largest absolute Gasteiger partial charge is 0.469 e. The van der Waals surface area contributed by atoms with Crippen molar-refractivity contribution in [2.24, 2.45) is 4.99 Å². The molecule has 0 spiro atoms. The van der Waals surface area contributed by atoms with E-state index in [-0.39, 0.29) is 36.8 Å². The normalized spacial score (nSPS) is 13.3. The summed E-state index contributed by atoms with van der Waals surface area (Å²) in [6.45, 7) is 0.581. The van der Waals surface area contributed by atoms with Crippen LogP contribution >= 0.6 is 11.3 Å². The second-order valence-electron chi connectivity index (χ2n) is 8.72. The third-order valence-corrected chi connectivity index (χ3v) is 9.06. The molecule has 0 aliphatic carbocycles. The summed E-state index contributed by atoms with van der Waals surface area (Å²) in [7, 11) is -0.938. The molecule has 5 rings (SSSR count). The van der Waals surface area contributed by atoms with E-state index in [1.165, 1.54) is 54.1 Å². The van der Waals surface area contributed by atoms with Crippen LogP contribution in [0.3, 0.4) is 0 Å². The number of aromatic nitrogens is 1. The first kappa shape index (κ1) is 26.6. The lowest BCUT2D eigenvalue weighted by Gasteiger charge is -2.17. The monoisotopic (exact) mass is 567 g/mol. The number of methoxy groups -OCH3 is 1. The summed E-state index contributed by atoms with van der Waals surface area (Å²) in [5, 5.41) is 0. The van der Waals surface area contributed by atoms with Crippen LogP contribution < -0.4 is 14.3 Å². The standard InChI is InChI=1S/C27H25N3O7S2/c1-29(16-18-6-4-3-5-7-18)39(33,34)20-10-8-19(9-11-20)26(32)28-27-30(13-12-25(31)35-2)21-14-22-23(37-17-36-22)15-24(21)38-27/h3-11,14-15H,12-13,16-17H2,1-2H3. The molecular formula is C27H25N3O7S2. The molecule has 0 bridgehead atoms. The summed E-state index contributed by atoms with van der Waals surface area (Å²) < 4.78 is 45.6. The van der Waals surface area contributed by atoms with Crippen molar-refractivity contribution in [1.82, 2.24) is 8.87 Å². The number of carbonyl (C=O) groups is 2. The molecule has 0 fully saturated rings. The fourth-order valence-electron chi connectivity index (χ4n) is 4.09. The number of fused-ring (bicyclic) bond motifs is 2. The smallest absolute Gasteiger partial charge is 0.307 e. The predicted octanol–water partition coefficient (Wildman–Crippen LogP) is 3.56. The Kier molecular flexibility index (Phi) is 7.51. The van der Waals surface area contributed by atoms with Gasteiger partial charge in [-0.15, -0.1) is 0 Å². The van der Waals surface area contributed by atoms with Crippen molar-refractivity contribution in [3.8, 4) is 11.5 Å². The van der Waals surface area contributed by atoms with E-state index in [0.717, 1.165) is 15.8 Å². The number of thiazole rings is 1. The molecular weight excluding hydrogens is 542 g/mol. The van der Waals surface area contributed by atoms with E-state index in [1.807, 2.05) is 36.4 Å². The minimum absolute atomic E-state index is 0.0713. The van der Waals surface area contributed by atoms with Gasteiger partial charge in [0.1, 0.15) is 0 Å². The van der Waals surface area contributed by atoms with Crippen molar-refractivity contribution in [2.75, 3.05) is 21.0 Å². The molecule has 0 saturated heterocycles. The molecule has 1 aliphatic rings. The number of amides is 1. The van der Waals surface area contributed by atoms with Gasteiger partial charge in [0.25, 0.3) is 5.91 Å². The number of carbonyl (C=O) groups excluding carboxylic acids is 2. The van der Waals surface area contributed by atoms with Crippen molar-refractivity contribution in [1.29, 1.82) is 0 Å². The molecule has 4 aromatic rings. The van der Waals surface area contributed by atoms with Crippen LogP contribution in [-0.4, -0.2) is 50.1 Å². The first-order chi connectivity index (χ1) is 18.8. The van der Waals surface area contributed by atoms with E-state index in [1.54, 1.807) is 10.6 Å². The molecule has 1 aromatic heterocycles. The number of nitrogens with zero attached hydrogens (tertiary/aromatic N) is 3. The number of rotatable bonds is 8. The van der Waals surface area contributed by atoms with E-state index in [4.69, 9.17) is 14.2 Å². The van der Waals surface area contributed by atoms with E-state index < -0.39 is 21.9 Å². The summed E-state index contributed by atoms with van der Waals surface area (Å²) in [4.78, 5) is 29.7. The highest BCUT2D eigenvalue weighted by molar-refractivity contribution is 7.89. The minimum Gasteiger partial charge on any atom is -0.469 e. The SMILES string of the molecule is COC(=O)CCn1c(=NC(=O)c2ccc(S(=O)(=O)N(C)Cc3ccccc3)cc2)sc2cc3c(cc21)OCO3. The third kappa shape index (κ3) is 5.58. The Hall–Kier alpha value is -4.00. The number of ether oxygens (including phenoxy) is 3. The van der Waals surface area contributed by atoms with Gasteiger partial charge in [0.05, 0.1) is 28.6 Å². The Bertz CT molecular complexity index is 1710. The number of hydrogen-bond acceptors (Lipinski definition) is 8. The van der Waals surface area contributed by atoms with Gasteiger partial charge in [-0.05, 0) is 29.8 Å². The second kappa shape index (κ2) is 11.0. The molecule has 39 heavy (non-hydrogen) atoms. The van der Waals surface area contributed by atoms with Crippen LogP contribution in [-0.2, 0) is 32.6 Å². The first-order valence-corrected chi connectivity index (χ1v) is 14.2. The van der Waals surface area contributed by atoms with Gasteiger partial charge >= 0.3 is 5.97 Å². The highest BCUT2D eigenvalue weighted by Gasteiger charge is 2.22. The van der Waals surface area contributed by atoms with Crippen LogP contribution in [0.15, 0.2) is 76.6 Å². The number of aryl methyl sites for hydroxylation is 1. The molecule has 12 heteroatoms. The summed E-state index contributed by atoms with van der Waals surface area (Å²) in [5.74, 6) is 0.221. The van der Waals surface area contributed by atoms with Crippen molar-refractivity contribution in [3.05, 3.63) is 82.7 Å². The number of hydrogen-bond donors (Lipinski definition) is 0. The fraction of sp³-hybridized carbons (Fsp3) is 0.222. The molecule has 1 amide bonds. The number of benzene rings is 3. The van der Waals surface area contributed by atoms with Gasteiger partial charge < -0.3 is 18.8 Å². The summed E-state index contributed by atoms with van der Waals surface area (Å²) in [5.41, 5.74) is 1.83. The Balaban J connectivity index is 1.43. The van der Waals surface area contributed by atoms with E-state index >= 15 is 0 Å². The molecule has 0 radical (unpaired) electrons. The summed E-state index contributed by atoms with van der Waals surface area (Å²) >= 11 is 1.27. The van der Waals surface area contributed by atoms with Crippen molar-refractivity contribution in [2.45, 2.75) is 24.4 Å². The highest BCUT2D eigenvalue weighted by Crippen LogP contribution is 2.37. The van der Waals surface area contributed by atoms with Crippen LogP contribution in [0.25, 0.3) is 10.2 Å². The van der Waals surface area contributed by atoms with Crippen LogP contribution in [0.2, 0.25) is 0 Å². The van der Waals surface area contributed by atoms with Gasteiger partial charge in [0.15, 0.2) is 16.3 Å². The zero-order valence-electron chi connectivity index (χ0n) is 21.2. The average molecular weight is 568 g/mol. The van der Waals surface area contributed by atoms with E-state index in [9.17, 15) is 18.0 Å². The molecule has 2 heterocycles. The molecule has 0 saturated carbocycles. The highest BCUT2D eigenvalue weighted by atomic mass is 32.2. The third-order valence-electron chi connectivity index (χ3n) is 6.20. The topological polar surface area (TPSA) is 117 Å². The quantitative estimate of drug-likeness (QED) is 0.299. The van der Waals surface area contributed by atoms with Crippen LogP contribution in [0.4, 0.5) is 0 Å². The van der Waals surface area contributed by atoms with Gasteiger partial charge in [-0.1, -0.05) is 41.7 Å². The van der Waals surface area contributed by atoms with E-state index in [2.05, 4.69) is 4.99 Å². The number of sulfonamides is 1. The predicted molar refractivity (Wildman–Crippen MR) is 144 cm³/mol. The Morgan fingerprint density at radius 1 is 1.05 bits per heavy atom. The lowest BCUT2D eigenvalue weighted by atomic mass is 10.2. The maximum absolute atomic E-state index is 13.1. The van der Waals surface area contributed by atoms with Gasteiger partial charge in [0, 0.05) is 37.8 Å². The van der Waals surface area contributed by atoms with Crippen molar-refractivity contribution < 1.29 is 32.2 Å². The lowest BCUT2D eigenvalue weighted by Crippen LogP contribution is -2.26. The van der Waals surface area contributed by atoms with Crippen molar-refractivity contribution >= 4 is 43.5 Å². The Morgan fingerprint density at radius 3 is 2.44 bits per heavy atom. The maximum atomic E-state index is 13.1. The van der Waals surface area contributed by atoms with Gasteiger partial charge in [-0.3, -0.25) is 9.59 Å². The zero-order chi connectivity index (χ0) is 27.6. The molecule has 1 aliphatic heterocycles. The van der Waals surface area contributed by atoms with Crippen LogP contribution in [0.1, 0.15) is 22.3 Å². The molecule has 0 unspecified atom stereocenters. The molecule has 0 N–H and O–H groups in total. The lowest BCUT2D eigenvalue weighted by molar-refractivity contribution is -0.140. The number of esters is 1. The summed E-state index contributed by atoms with van der Waals surface area (Å²) in [6.07, 6.45) is 0.0845. The Labute approximate surface area is 228 Å². The minimum atomic E-state index is -3.76. The average Bonchev–Trinajstić information content (AvgIpc) is 3.54. The summed E-state index contributed by atoms with van der Waals surface area (Å²) in [6, 6.07) is 18.6. The first-order valence-electron chi connectivity index (χ1n) is 12.0. The maximum Gasteiger partial charge on any atom is 0.307 e. The van der Waals surface area contributed by atoms with Crippen LogP contribution in [0, 0.1) is 0 Å². The molecule has 202 valence electrons. The molecule has 3 aromatic carbocycles. The molecule has 0 atom stereocenters. The zero-order valence-corrected chi connectivity index (χ0v) is 22.8. The fourth-order valence-corrected chi connectivity index (χ4v) is 6.32. The van der Waals surface area contributed by atoms with Gasteiger partial charge in [-0.25, -0.2) is 8.42 Å². The molecule has 10 nitrogen and oxygen atoms in total. The van der Waals surface area contributed by atoms with Gasteiger partial charge in [-0.2, -0.15) is 9.30 Å². The Morgan fingerprint density at radius 2 is 1.74 bits per heavy atom. The van der Waals surface area contributed by atoms with Crippen LogP contribution in [0.5, 0.6) is 11.5 Å². The van der Waals surface area contributed by atoms with Gasteiger partial charge in [0.2, 0.25) is 16.8 Å². The second-order valence-corrected chi connectivity index (χ2v) is 11.8.